The van der Waals surface area contributed by atoms with Crippen LogP contribution in [0, 0.1) is 0 Å². The standard InChI is InChI=1S/C19H22N4O2/c24-16-7-9-23(10-8-16)13-15-3-1-2-4-17(15)20-12-14-5-6-18-19(11-14)22-25-21-18/h1-6,11,16,20,24H,7-10,12-13H2. The highest BCUT2D eigenvalue weighted by atomic mass is 16.6. The van der Waals surface area contributed by atoms with E-state index in [1.165, 1.54) is 5.56 Å². The Bertz CT molecular complexity index is 840. The number of piperidine rings is 1. The van der Waals surface area contributed by atoms with Crippen LogP contribution < -0.4 is 5.32 Å². The van der Waals surface area contributed by atoms with Crippen molar-refractivity contribution >= 4 is 16.7 Å². The molecule has 1 aliphatic rings. The fourth-order valence-electron chi connectivity index (χ4n) is 3.28. The summed E-state index contributed by atoms with van der Waals surface area (Å²) in [5.41, 5.74) is 5.12. The molecular formula is C19H22N4O2. The van der Waals surface area contributed by atoms with Crippen LogP contribution in [0.1, 0.15) is 24.0 Å². The Labute approximate surface area is 146 Å². The molecule has 0 unspecified atom stereocenters. The number of hydrogen-bond donors (Lipinski definition) is 2. The summed E-state index contributed by atoms with van der Waals surface area (Å²) < 4.78 is 4.75. The highest BCUT2D eigenvalue weighted by Gasteiger charge is 2.17. The minimum atomic E-state index is -0.134. The Hall–Kier alpha value is -2.44. The number of aliphatic hydroxyl groups excluding tert-OH is 1. The number of para-hydroxylation sites is 1. The fraction of sp³-hybridized carbons (Fsp3) is 0.368. The Balaban J connectivity index is 1.43. The number of nitrogens with zero attached hydrogens (tertiary/aromatic N) is 3. The van der Waals surface area contributed by atoms with Gasteiger partial charge in [-0.05, 0) is 52.5 Å². The van der Waals surface area contributed by atoms with E-state index in [2.05, 4.69) is 44.8 Å². The molecule has 0 bridgehead atoms. The zero-order valence-corrected chi connectivity index (χ0v) is 14.1. The van der Waals surface area contributed by atoms with E-state index >= 15 is 0 Å². The second kappa shape index (κ2) is 7.21. The van der Waals surface area contributed by atoms with E-state index in [0.717, 1.165) is 61.3 Å². The summed E-state index contributed by atoms with van der Waals surface area (Å²) >= 11 is 0. The molecule has 1 saturated heterocycles. The second-order valence-electron chi connectivity index (χ2n) is 6.61. The van der Waals surface area contributed by atoms with E-state index in [4.69, 9.17) is 4.63 Å². The molecule has 2 aromatic carbocycles. The van der Waals surface area contributed by atoms with Crippen molar-refractivity contribution in [2.45, 2.75) is 32.0 Å². The molecule has 25 heavy (non-hydrogen) atoms. The monoisotopic (exact) mass is 338 g/mol. The maximum atomic E-state index is 9.66. The van der Waals surface area contributed by atoms with Crippen molar-refractivity contribution in [1.82, 2.24) is 15.2 Å². The Kier molecular flexibility index (Phi) is 4.63. The Morgan fingerprint density at radius 2 is 1.88 bits per heavy atom. The molecule has 130 valence electrons. The molecule has 0 radical (unpaired) electrons. The Morgan fingerprint density at radius 1 is 1.08 bits per heavy atom. The first-order chi connectivity index (χ1) is 12.3. The number of anilines is 1. The summed E-state index contributed by atoms with van der Waals surface area (Å²) in [5.74, 6) is 0. The largest absolute Gasteiger partial charge is 0.393 e. The average Bonchev–Trinajstić information content (AvgIpc) is 3.11. The first kappa shape index (κ1) is 16.1. The van der Waals surface area contributed by atoms with E-state index in [1.807, 2.05) is 18.2 Å². The number of hydrogen-bond acceptors (Lipinski definition) is 6. The first-order valence-electron chi connectivity index (χ1n) is 8.71. The third-order valence-electron chi connectivity index (χ3n) is 4.77. The van der Waals surface area contributed by atoms with Gasteiger partial charge >= 0.3 is 0 Å². The van der Waals surface area contributed by atoms with Gasteiger partial charge in [-0.15, -0.1) is 0 Å². The quantitative estimate of drug-likeness (QED) is 0.745. The summed E-state index contributed by atoms with van der Waals surface area (Å²) in [6, 6.07) is 14.4. The number of nitrogens with one attached hydrogen (secondary N) is 1. The van der Waals surface area contributed by atoms with Crippen LogP contribution >= 0.6 is 0 Å². The molecule has 1 aromatic heterocycles. The molecule has 0 amide bonds. The molecular weight excluding hydrogens is 316 g/mol. The van der Waals surface area contributed by atoms with Gasteiger partial charge in [0, 0.05) is 31.9 Å². The third kappa shape index (κ3) is 3.81. The molecule has 0 spiro atoms. The molecule has 0 aliphatic carbocycles. The molecule has 4 rings (SSSR count). The van der Waals surface area contributed by atoms with Crippen molar-refractivity contribution in [3.05, 3.63) is 53.6 Å². The highest BCUT2D eigenvalue weighted by Crippen LogP contribution is 2.21. The van der Waals surface area contributed by atoms with Crippen LogP contribution in [0.3, 0.4) is 0 Å². The molecule has 6 nitrogen and oxygen atoms in total. The zero-order chi connectivity index (χ0) is 17.1. The number of aromatic nitrogens is 2. The van der Waals surface area contributed by atoms with E-state index in [1.54, 1.807) is 0 Å². The van der Waals surface area contributed by atoms with Gasteiger partial charge in [0.15, 0.2) is 0 Å². The van der Waals surface area contributed by atoms with Crippen molar-refractivity contribution < 1.29 is 9.74 Å². The van der Waals surface area contributed by atoms with Crippen LogP contribution in [0.2, 0.25) is 0 Å². The number of fused-ring (bicyclic) bond motifs is 1. The van der Waals surface area contributed by atoms with Gasteiger partial charge in [-0.3, -0.25) is 4.90 Å². The molecule has 2 N–H and O–H groups in total. The maximum Gasteiger partial charge on any atom is 0.135 e. The third-order valence-corrected chi connectivity index (χ3v) is 4.77. The summed E-state index contributed by atoms with van der Waals surface area (Å²) in [5, 5.41) is 20.9. The predicted octanol–water partition coefficient (Wildman–Crippen LogP) is 2.79. The topological polar surface area (TPSA) is 74.4 Å². The summed E-state index contributed by atoms with van der Waals surface area (Å²) in [6.07, 6.45) is 1.59. The van der Waals surface area contributed by atoms with Crippen molar-refractivity contribution in [2.75, 3.05) is 18.4 Å². The lowest BCUT2D eigenvalue weighted by Crippen LogP contribution is -2.35. The highest BCUT2D eigenvalue weighted by molar-refractivity contribution is 5.73. The fourth-order valence-corrected chi connectivity index (χ4v) is 3.28. The minimum absolute atomic E-state index is 0.134. The van der Waals surface area contributed by atoms with Crippen molar-refractivity contribution in [3.63, 3.8) is 0 Å². The average molecular weight is 338 g/mol. The lowest BCUT2D eigenvalue weighted by molar-refractivity contribution is 0.0793. The smallest absolute Gasteiger partial charge is 0.135 e. The summed E-state index contributed by atoms with van der Waals surface area (Å²) in [7, 11) is 0. The van der Waals surface area contributed by atoms with Gasteiger partial charge in [-0.25, -0.2) is 4.63 Å². The predicted molar refractivity (Wildman–Crippen MR) is 96.1 cm³/mol. The van der Waals surface area contributed by atoms with Gasteiger partial charge < -0.3 is 10.4 Å². The first-order valence-corrected chi connectivity index (χ1v) is 8.71. The molecule has 3 aromatic rings. The maximum absolute atomic E-state index is 9.66. The summed E-state index contributed by atoms with van der Waals surface area (Å²) in [6.45, 7) is 3.53. The van der Waals surface area contributed by atoms with Gasteiger partial charge in [0.1, 0.15) is 11.0 Å². The van der Waals surface area contributed by atoms with Crippen LogP contribution in [-0.4, -0.2) is 39.5 Å². The van der Waals surface area contributed by atoms with Crippen LogP contribution in [0.25, 0.3) is 11.0 Å². The van der Waals surface area contributed by atoms with E-state index in [0.29, 0.717) is 0 Å². The zero-order valence-electron chi connectivity index (χ0n) is 14.1. The molecule has 6 heteroatoms. The molecule has 0 saturated carbocycles. The van der Waals surface area contributed by atoms with Gasteiger partial charge in [0.25, 0.3) is 0 Å². The molecule has 0 atom stereocenters. The molecule has 2 heterocycles. The second-order valence-corrected chi connectivity index (χ2v) is 6.61. The van der Waals surface area contributed by atoms with Crippen molar-refractivity contribution in [2.24, 2.45) is 0 Å². The van der Waals surface area contributed by atoms with Gasteiger partial charge in [-0.1, -0.05) is 24.3 Å². The normalized spacial score (nSPS) is 16.4. The van der Waals surface area contributed by atoms with Crippen LogP contribution in [0.15, 0.2) is 47.1 Å². The van der Waals surface area contributed by atoms with Crippen LogP contribution in [-0.2, 0) is 13.1 Å². The lowest BCUT2D eigenvalue weighted by atomic mass is 10.1. The number of aliphatic hydroxyl groups is 1. The van der Waals surface area contributed by atoms with E-state index < -0.39 is 0 Å². The SMILES string of the molecule is OC1CCN(Cc2ccccc2NCc2ccc3nonc3c2)CC1. The molecule has 1 aliphatic heterocycles. The van der Waals surface area contributed by atoms with Crippen molar-refractivity contribution in [1.29, 1.82) is 0 Å². The number of benzene rings is 2. The number of rotatable bonds is 5. The van der Waals surface area contributed by atoms with Crippen LogP contribution in [0.4, 0.5) is 5.69 Å². The number of likely N-dealkylation sites (tertiary alicyclic amines) is 1. The summed E-state index contributed by atoms with van der Waals surface area (Å²) in [4.78, 5) is 2.40. The minimum Gasteiger partial charge on any atom is -0.393 e. The van der Waals surface area contributed by atoms with Gasteiger partial charge in [-0.2, -0.15) is 0 Å². The van der Waals surface area contributed by atoms with E-state index in [-0.39, 0.29) is 6.10 Å². The van der Waals surface area contributed by atoms with Gasteiger partial charge in [0.05, 0.1) is 6.10 Å². The van der Waals surface area contributed by atoms with E-state index in [9.17, 15) is 5.11 Å². The Morgan fingerprint density at radius 3 is 2.76 bits per heavy atom. The lowest BCUT2D eigenvalue weighted by Gasteiger charge is -2.30. The molecule has 1 fully saturated rings. The van der Waals surface area contributed by atoms with Crippen LogP contribution in [0.5, 0.6) is 0 Å². The van der Waals surface area contributed by atoms with Crippen molar-refractivity contribution in [3.8, 4) is 0 Å². The van der Waals surface area contributed by atoms with Gasteiger partial charge in [0.2, 0.25) is 0 Å².